The Hall–Kier alpha value is -3.16. The number of benzene rings is 2. The van der Waals surface area contributed by atoms with Gasteiger partial charge < -0.3 is 15.4 Å². The summed E-state index contributed by atoms with van der Waals surface area (Å²) >= 11 is 5.97. The number of pyridine rings is 1. The maximum Gasteiger partial charge on any atom is 0.280 e. The van der Waals surface area contributed by atoms with Gasteiger partial charge in [-0.3, -0.25) is 14.7 Å². The molecular formula is C35H42ClF2N5O4S. The number of carbonyl (C=O) groups is 1. The summed E-state index contributed by atoms with van der Waals surface area (Å²) in [6, 6.07) is 15.1. The van der Waals surface area contributed by atoms with Gasteiger partial charge in [0.2, 0.25) is 15.9 Å². The number of piperidine rings is 1. The van der Waals surface area contributed by atoms with Crippen molar-refractivity contribution in [1.82, 2.24) is 19.1 Å². The Morgan fingerprint density at radius 2 is 1.69 bits per heavy atom. The summed E-state index contributed by atoms with van der Waals surface area (Å²) in [5, 5.41) is 0.549. The normalized spacial score (nSPS) is 22.8. The highest BCUT2D eigenvalue weighted by Gasteiger charge is 2.48. The first-order valence-electron chi connectivity index (χ1n) is 16.6. The molecular weight excluding hydrogens is 660 g/mol. The molecule has 0 bridgehead atoms. The monoisotopic (exact) mass is 701 g/mol. The van der Waals surface area contributed by atoms with Crippen LogP contribution in [-0.4, -0.2) is 90.8 Å². The summed E-state index contributed by atoms with van der Waals surface area (Å²) in [5.41, 5.74) is 8.28. The number of amides is 1. The van der Waals surface area contributed by atoms with E-state index in [1.165, 1.54) is 35.7 Å². The Morgan fingerprint density at radius 1 is 0.958 bits per heavy atom. The minimum atomic E-state index is -4.15. The van der Waals surface area contributed by atoms with Crippen LogP contribution >= 0.6 is 11.6 Å². The van der Waals surface area contributed by atoms with E-state index in [2.05, 4.69) is 4.98 Å². The fourth-order valence-electron chi connectivity index (χ4n) is 6.81. The number of likely N-dealkylation sites (tertiary alicyclic amines) is 1. The average Bonchev–Trinajstić information content (AvgIpc) is 3.09. The third kappa shape index (κ3) is 8.00. The van der Waals surface area contributed by atoms with E-state index in [0.29, 0.717) is 36.4 Å². The molecule has 1 aromatic heterocycles. The molecule has 3 fully saturated rings. The first-order chi connectivity index (χ1) is 23.0. The maximum absolute atomic E-state index is 14.6. The van der Waals surface area contributed by atoms with Gasteiger partial charge in [-0.2, -0.15) is 4.31 Å². The van der Waals surface area contributed by atoms with Gasteiger partial charge in [-0.25, -0.2) is 17.2 Å². The van der Waals surface area contributed by atoms with Gasteiger partial charge in [0.05, 0.1) is 34.8 Å². The molecule has 258 valence electrons. The minimum Gasteiger partial charge on any atom is -0.493 e. The van der Waals surface area contributed by atoms with Crippen molar-refractivity contribution in [3.8, 4) is 17.0 Å². The topological polar surface area (TPSA) is 109 Å². The van der Waals surface area contributed by atoms with Gasteiger partial charge in [0.25, 0.3) is 5.92 Å². The van der Waals surface area contributed by atoms with Crippen molar-refractivity contribution in [1.29, 1.82) is 0 Å². The molecule has 0 spiro atoms. The molecule has 3 aliphatic rings. The number of aromatic nitrogens is 1. The lowest BCUT2D eigenvalue weighted by Gasteiger charge is -2.43. The van der Waals surface area contributed by atoms with E-state index in [1.807, 2.05) is 35.2 Å². The van der Waals surface area contributed by atoms with Gasteiger partial charge in [-0.15, -0.1) is 0 Å². The van der Waals surface area contributed by atoms with Crippen LogP contribution in [0.3, 0.4) is 0 Å². The zero-order chi connectivity index (χ0) is 33.9. The second kappa shape index (κ2) is 14.8. The number of piperazine rings is 1. The van der Waals surface area contributed by atoms with Crippen LogP contribution in [0.1, 0.15) is 44.1 Å². The smallest absolute Gasteiger partial charge is 0.280 e. The molecule has 13 heteroatoms. The third-order valence-electron chi connectivity index (χ3n) is 9.69. The highest BCUT2D eigenvalue weighted by molar-refractivity contribution is 7.89. The molecule has 2 aliphatic heterocycles. The summed E-state index contributed by atoms with van der Waals surface area (Å²) in [5.74, 6) is -2.83. The number of halogens is 3. The van der Waals surface area contributed by atoms with E-state index in [-0.39, 0.29) is 31.0 Å². The lowest BCUT2D eigenvalue weighted by molar-refractivity contribution is -0.149. The first kappa shape index (κ1) is 34.7. The van der Waals surface area contributed by atoms with E-state index >= 15 is 0 Å². The number of hydrogen-bond acceptors (Lipinski definition) is 7. The van der Waals surface area contributed by atoms with Gasteiger partial charge in [-0.05, 0) is 67.1 Å². The Bertz CT molecular complexity index is 1660. The van der Waals surface area contributed by atoms with Crippen molar-refractivity contribution in [2.24, 2.45) is 11.7 Å². The van der Waals surface area contributed by atoms with Crippen molar-refractivity contribution in [3.63, 3.8) is 0 Å². The average molecular weight is 702 g/mol. The number of carbonyl (C=O) groups excluding carboxylic acids is 1. The number of nitrogens with two attached hydrogens (primary N) is 1. The van der Waals surface area contributed by atoms with Crippen LogP contribution < -0.4 is 10.5 Å². The quantitative estimate of drug-likeness (QED) is 0.317. The molecule has 9 nitrogen and oxygen atoms in total. The lowest BCUT2D eigenvalue weighted by Crippen LogP contribution is -2.64. The van der Waals surface area contributed by atoms with Crippen LogP contribution in [0.15, 0.2) is 71.8 Å². The number of nitrogens with zero attached hydrogens (tertiary/aromatic N) is 4. The van der Waals surface area contributed by atoms with Gasteiger partial charge in [0.15, 0.2) is 0 Å². The standard InChI is InChI=1S/C35H42ClF2N5O4S/c36-28-10-15-31(40-20-28)27-8-6-25(7-9-27)21-41-18-19-43(32(22-41)34(44)42-17-16-33(39)35(37,38)24-42)48(45,46)30-13-11-29(12-14-30)47-23-26-4-2-1-3-5-26/h6-15,20,26,32-33H,1-5,16-19,21-24,39H2. The van der Waals surface area contributed by atoms with Crippen LogP contribution in [0, 0.1) is 5.92 Å². The van der Waals surface area contributed by atoms with E-state index < -0.39 is 40.5 Å². The summed E-state index contributed by atoms with van der Waals surface area (Å²) < 4.78 is 64.5. The Balaban J connectivity index is 1.18. The van der Waals surface area contributed by atoms with Crippen LogP contribution in [-0.2, 0) is 21.4 Å². The molecule has 6 rings (SSSR count). The number of sulfonamides is 1. The van der Waals surface area contributed by atoms with E-state index in [0.717, 1.165) is 34.6 Å². The highest BCUT2D eigenvalue weighted by Crippen LogP contribution is 2.31. The van der Waals surface area contributed by atoms with Gasteiger partial charge in [0, 0.05) is 44.5 Å². The Kier molecular flexibility index (Phi) is 10.7. The van der Waals surface area contributed by atoms with Crippen molar-refractivity contribution >= 4 is 27.5 Å². The fraction of sp³-hybridized carbons (Fsp3) is 0.486. The van der Waals surface area contributed by atoms with Crippen molar-refractivity contribution in [3.05, 3.63) is 77.4 Å². The highest BCUT2D eigenvalue weighted by atomic mass is 35.5. The maximum atomic E-state index is 14.6. The second-order valence-corrected chi connectivity index (χ2v) is 15.5. The molecule has 2 saturated heterocycles. The van der Waals surface area contributed by atoms with Crippen molar-refractivity contribution in [2.75, 3.05) is 39.3 Å². The van der Waals surface area contributed by atoms with Gasteiger partial charge >= 0.3 is 0 Å². The number of hydrogen-bond donors (Lipinski definition) is 1. The Morgan fingerprint density at radius 3 is 2.35 bits per heavy atom. The zero-order valence-corrected chi connectivity index (χ0v) is 28.4. The fourth-order valence-corrected chi connectivity index (χ4v) is 8.48. The van der Waals surface area contributed by atoms with Crippen LogP contribution in [0.2, 0.25) is 5.02 Å². The third-order valence-corrected chi connectivity index (χ3v) is 11.8. The molecule has 2 N–H and O–H groups in total. The van der Waals surface area contributed by atoms with E-state index in [9.17, 15) is 22.0 Å². The zero-order valence-electron chi connectivity index (χ0n) is 26.8. The molecule has 1 saturated carbocycles. The van der Waals surface area contributed by atoms with Crippen LogP contribution in [0.25, 0.3) is 11.3 Å². The molecule has 0 radical (unpaired) electrons. The van der Waals surface area contributed by atoms with E-state index in [4.69, 9.17) is 22.1 Å². The van der Waals surface area contributed by atoms with Crippen LogP contribution in [0.4, 0.5) is 8.78 Å². The number of ether oxygens (including phenoxy) is 1. The van der Waals surface area contributed by atoms with Gasteiger partial charge in [-0.1, -0.05) is 55.1 Å². The summed E-state index contributed by atoms with van der Waals surface area (Å²) in [4.78, 5) is 21.4. The largest absolute Gasteiger partial charge is 0.493 e. The number of alkyl halides is 2. The molecule has 1 amide bonds. The lowest BCUT2D eigenvalue weighted by atomic mass is 9.90. The Labute approximate surface area is 286 Å². The molecule has 48 heavy (non-hydrogen) atoms. The van der Waals surface area contributed by atoms with Gasteiger partial charge in [0.1, 0.15) is 11.8 Å². The van der Waals surface area contributed by atoms with Crippen molar-refractivity contribution < 1.29 is 26.7 Å². The number of rotatable bonds is 9. The molecule has 2 aromatic carbocycles. The summed E-state index contributed by atoms with van der Waals surface area (Å²) in [6.07, 6.45) is 7.44. The molecule has 3 heterocycles. The predicted octanol–water partition coefficient (Wildman–Crippen LogP) is 5.43. The summed E-state index contributed by atoms with van der Waals surface area (Å²) in [7, 11) is -4.15. The first-order valence-corrected chi connectivity index (χ1v) is 18.4. The molecule has 2 unspecified atom stereocenters. The summed E-state index contributed by atoms with van der Waals surface area (Å²) in [6.45, 7) is 0.658. The molecule has 1 aliphatic carbocycles. The van der Waals surface area contributed by atoms with Crippen LogP contribution in [0.5, 0.6) is 5.75 Å². The van der Waals surface area contributed by atoms with Crippen molar-refractivity contribution in [2.45, 2.75) is 68.0 Å². The molecule has 2 atom stereocenters. The predicted molar refractivity (Wildman–Crippen MR) is 180 cm³/mol. The molecule has 3 aromatic rings. The van der Waals surface area contributed by atoms with E-state index in [1.54, 1.807) is 24.4 Å². The SMILES string of the molecule is NC1CCN(C(=O)C2CN(Cc3ccc(-c4ccc(Cl)cn4)cc3)CCN2S(=O)(=O)c2ccc(OCC3CCCCC3)cc2)CC1(F)F. The second-order valence-electron chi connectivity index (χ2n) is 13.1. The minimum absolute atomic E-state index is 0.0230.